The lowest BCUT2D eigenvalue weighted by Gasteiger charge is -2.33. The van der Waals surface area contributed by atoms with E-state index in [1.54, 1.807) is 0 Å². The topological polar surface area (TPSA) is 18.8 Å². The van der Waals surface area contributed by atoms with Crippen molar-refractivity contribution in [1.29, 1.82) is 0 Å². The van der Waals surface area contributed by atoms with Crippen LogP contribution in [-0.2, 0) is 0 Å². The van der Waals surface area contributed by atoms with E-state index in [9.17, 15) is 0 Å². The van der Waals surface area contributed by atoms with E-state index in [1.165, 1.54) is 5.70 Å². The molecule has 0 N–H and O–H groups in total. The van der Waals surface area contributed by atoms with Crippen molar-refractivity contribution < 1.29 is 0 Å². The van der Waals surface area contributed by atoms with Gasteiger partial charge in [-0.05, 0) is 6.42 Å². The Bertz CT molecular complexity index is 671. The van der Waals surface area contributed by atoms with E-state index in [0.717, 1.165) is 24.5 Å². The molecule has 0 saturated heterocycles. The van der Waals surface area contributed by atoms with Crippen molar-refractivity contribution in [3.05, 3.63) is 85.4 Å². The normalized spacial score (nSPS) is 33.6. The molecule has 3 nitrogen and oxygen atoms in total. The fourth-order valence-electron chi connectivity index (χ4n) is 3.00. The summed E-state index contributed by atoms with van der Waals surface area (Å²) in [7, 11) is 4.05. The minimum absolute atomic E-state index is 0.0146. The van der Waals surface area contributed by atoms with Crippen molar-refractivity contribution in [1.82, 2.24) is 9.80 Å². The molecule has 0 spiro atoms. The first kappa shape index (κ1) is 18.8. The maximum Gasteiger partial charge on any atom is 0.128 e. The average molecular weight is 335 g/mol. The number of nitrogens with zero attached hydrogens (tertiary/aromatic N) is 3. The third kappa shape index (κ3) is 4.96. The number of amidine groups is 1. The predicted molar refractivity (Wildman–Crippen MR) is 109 cm³/mol. The second-order valence-electron chi connectivity index (χ2n) is 6.43. The first-order chi connectivity index (χ1) is 12.0. The summed E-state index contributed by atoms with van der Waals surface area (Å²) in [5.74, 6) is 1.95. The summed E-state index contributed by atoms with van der Waals surface area (Å²) in [5, 5.41) is 0. The Balaban J connectivity index is 2.51. The Labute approximate surface area is 152 Å². The van der Waals surface area contributed by atoms with Gasteiger partial charge in [0.15, 0.2) is 0 Å². The van der Waals surface area contributed by atoms with Crippen LogP contribution in [0.3, 0.4) is 0 Å². The third-order valence-corrected chi connectivity index (χ3v) is 4.26. The number of rotatable bonds is 2. The minimum atomic E-state index is 0.0146. The van der Waals surface area contributed by atoms with E-state index in [2.05, 4.69) is 84.6 Å². The van der Waals surface area contributed by atoms with Crippen LogP contribution in [0.2, 0.25) is 0 Å². The molecule has 0 amide bonds. The number of hydrogen-bond donors (Lipinski definition) is 0. The highest BCUT2D eigenvalue weighted by molar-refractivity contribution is 5.86. The molecule has 1 heterocycles. The van der Waals surface area contributed by atoms with Gasteiger partial charge < -0.3 is 9.80 Å². The summed E-state index contributed by atoms with van der Waals surface area (Å²) < 4.78 is 0. The molecular weight excluding hydrogens is 306 g/mol. The molecule has 1 aliphatic heterocycles. The fourth-order valence-corrected chi connectivity index (χ4v) is 3.00. The molecule has 2 unspecified atom stereocenters. The smallest absolute Gasteiger partial charge is 0.128 e. The minimum Gasteiger partial charge on any atom is -0.366 e. The van der Waals surface area contributed by atoms with Crippen LogP contribution in [0.15, 0.2) is 90.4 Å². The van der Waals surface area contributed by atoms with Crippen molar-refractivity contribution in [2.24, 2.45) is 10.9 Å². The van der Waals surface area contributed by atoms with Gasteiger partial charge >= 0.3 is 0 Å². The van der Waals surface area contributed by atoms with Gasteiger partial charge in [-0.3, -0.25) is 0 Å². The van der Waals surface area contributed by atoms with Crippen LogP contribution in [0.25, 0.3) is 0 Å². The molecule has 3 heteroatoms. The van der Waals surface area contributed by atoms with Crippen molar-refractivity contribution in [3.8, 4) is 0 Å². The number of allylic oxidation sites excluding steroid dienone is 7. The van der Waals surface area contributed by atoms with Gasteiger partial charge in [0.1, 0.15) is 11.7 Å². The van der Waals surface area contributed by atoms with Gasteiger partial charge in [0.2, 0.25) is 0 Å². The van der Waals surface area contributed by atoms with Gasteiger partial charge in [0, 0.05) is 32.1 Å². The van der Waals surface area contributed by atoms with Crippen LogP contribution in [0.5, 0.6) is 0 Å². The second kappa shape index (κ2) is 9.07. The van der Waals surface area contributed by atoms with Gasteiger partial charge in [-0.2, -0.15) is 0 Å². The van der Waals surface area contributed by atoms with Crippen LogP contribution >= 0.6 is 0 Å². The second-order valence-corrected chi connectivity index (χ2v) is 6.43. The molecule has 0 fully saturated rings. The third-order valence-electron chi connectivity index (χ3n) is 4.26. The lowest BCUT2D eigenvalue weighted by molar-refractivity contribution is 0.396. The predicted octanol–water partition coefficient (Wildman–Crippen LogP) is 4.83. The largest absolute Gasteiger partial charge is 0.366 e. The summed E-state index contributed by atoms with van der Waals surface area (Å²) in [6.07, 6.45) is 22.9. The Morgan fingerprint density at radius 3 is 2.60 bits per heavy atom. The molecule has 2 aliphatic rings. The molecule has 0 aromatic heterocycles. The van der Waals surface area contributed by atoms with Crippen molar-refractivity contribution in [2.45, 2.75) is 25.8 Å². The van der Waals surface area contributed by atoms with Crippen LogP contribution in [0.4, 0.5) is 0 Å². The molecule has 2 rings (SSSR count). The van der Waals surface area contributed by atoms with Crippen LogP contribution in [0, 0.1) is 5.92 Å². The Morgan fingerprint density at radius 1 is 1.16 bits per heavy atom. The molecule has 0 radical (unpaired) electrons. The molecular formula is C22H29N3. The highest BCUT2D eigenvalue weighted by Gasteiger charge is 2.21. The summed E-state index contributed by atoms with van der Waals surface area (Å²) in [6, 6.07) is 0.0146. The zero-order valence-corrected chi connectivity index (χ0v) is 15.6. The van der Waals surface area contributed by atoms with E-state index in [4.69, 9.17) is 4.99 Å². The zero-order valence-electron chi connectivity index (χ0n) is 15.6. The Morgan fingerprint density at radius 2 is 1.88 bits per heavy atom. The average Bonchev–Trinajstić information content (AvgIpc) is 2.55. The lowest BCUT2D eigenvalue weighted by atomic mass is 10.1. The van der Waals surface area contributed by atoms with Gasteiger partial charge in [-0.15, -0.1) is 6.58 Å². The maximum absolute atomic E-state index is 4.89. The van der Waals surface area contributed by atoms with Gasteiger partial charge in [0.25, 0.3) is 0 Å². The molecule has 0 aromatic rings. The first-order valence-electron chi connectivity index (χ1n) is 8.77. The summed E-state index contributed by atoms with van der Waals surface area (Å²) in [4.78, 5) is 9.13. The maximum atomic E-state index is 4.89. The fraction of sp³-hybridized carbons (Fsp3) is 0.318. The van der Waals surface area contributed by atoms with Crippen molar-refractivity contribution in [2.75, 3.05) is 14.1 Å². The molecule has 25 heavy (non-hydrogen) atoms. The molecule has 2 atom stereocenters. The highest BCUT2D eigenvalue weighted by atomic mass is 15.3. The van der Waals surface area contributed by atoms with Crippen molar-refractivity contribution >= 4 is 5.84 Å². The summed E-state index contributed by atoms with van der Waals surface area (Å²) in [5.41, 5.74) is 1.19. The molecule has 1 aliphatic carbocycles. The van der Waals surface area contributed by atoms with Gasteiger partial charge in [-0.1, -0.05) is 74.3 Å². The van der Waals surface area contributed by atoms with Gasteiger partial charge in [-0.25, -0.2) is 4.99 Å². The van der Waals surface area contributed by atoms with E-state index in [1.807, 2.05) is 20.2 Å². The van der Waals surface area contributed by atoms with E-state index in [0.29, 0.717) is 0 Å². The quantitative estimate of drug-likeness (QED) is 0.673. The van der Waals surface area contributed by atoms with Crippen LogP contribution in [-0.4, -0.2) is 35.8 Å². The SMILES string of the molecule is C=CC1/C=C\C=C/C(C)/C(N(C)C)=N\C(=C)N1/C1=C/C/C=C\C=C/C1. The molecule has 0 aromatic carbocycles. The first-order valence-corrected chi connectivity index (χ1v) is 8.77. The molecule has 0 saturated carbocycles. The van der Waals surface area contributed by atoms with E-state index >= 15 is 0 Å². The molecule has 0 bridgehead atoms. The van der Waals surface area contributed by atoms with Crippen molar-refractivity contribution in [3.63, 3.8) is 0 Å². The molecule has 132 valence electrons. The highest BCUT2D eigenvalue weighted by Crippen LogP contribution is 2.25. The zero-order chi connectivity index (χ0) is 18.2. The number of hydrogen-bond acceptors (Lipinski definition) is 3. The van der Waals surface area contributed by atoms with E-state index < -0.39 is 0 Å². The number of aliphatic imine (C=N–C) groups is 1. The Hall–Kier alpha value is -2.55. The summed E-state index contributed by atoms with van der Waals surface area (Å²) in [6.45, 7) is 10.5. The lowest BCUT2D eigenvalue weighted by Crippen LogP contribution is -2.33. The van der Waals surface area contributed by atoms with E-state index in [-0.39, 0.29) is 12.0 Å². The van der Waals surface area contributed by atoms with Gasteiger partial charge in [0.05, 0.1) is 6.04 Å². The standard InChI is InChI=1S/C22H29N3/c1-6-20-15-13-12-14-18(2)22(24(4)5)23-19(3)25(20)21-16-10-8-7-9-11-17-21/h6-10,12-15,17-18,20H,1,3,11,16H2,2,4-5H3/b9-7-,10-8-,14-12-,15-13-,21-17+,23-22+. The van der Waals surface area contributed by atoms with Crippen LogP contribution < -0.4 is 0 Å². The Kier molecular flexibility index (Phi) is 6.81. The monoisotopic (exact) mass is 335 g/mol. The summed E-state index contributed by atoms with van der Waals surface area (Å²) >= 11 is 0. The van der Waals surface area contributed by atoms with Crippen LogP contribution in [0.1, 0.15) is 19.8 Å².